The van der Waals surface area contributed by atoms with Gasteiger partial charge >= 0.3 is 0 Å². The predicted molar refractivity (Wildman–Crippen MR) is 260 cm³/mol. The van der Waals surface area contributed by atoms with E-state index in [1.54, 1.807) is 37.1 Å². The Morgan fingerprint density at radius 1 is 0.970 bits per heavy atom. The summed E-state index contributed by atoms with van der Waals surface area (Å²) in [5.41, 5.74) is 4.00. The maximum atomic E-state index is 15.0. The number of non-ortho nitro benzene ring substituents is 1. The SMILES string of the molecule is C=CCOC12Oc3ccc(Oc4ccc(SC)cc4)cc3C3C(CCCCO)C(CCCCO)C=C(C(=NOCc4ccc([N+](=O)[O-])cc4)CC1N(CCC)C(=O)Cc1cccc(OC)c1)C32. The topological polar surface area (TPSA) is 162 Å². The molecule has 0 spiro atoms. The van der Waals surface area contributed by atoms with Crippen LogP contribution in [0.3, 0.4) is 0 Å². The van der Waals surface area contributed by atoms with Crippen LogP contribution in [0.5, 0.6) is 23.0 Å². The van der Waals surface area contributed by atoms with Crippen molar-refractivity contribution in [3.05, 3.63) is 142 Å². The van der Waals surface area contributed by atoms with Crippen LogP contribution in [0, 0.1) is 27.9 Å². The summed E-state index contributed by atoms with van der Waals surface area (Å²) in [5.74, 6) is 0.416. The highest BCUT2D eigenvalue weighted by molar-refractivity contribution is 7.98. The lowest BCUT2D eigenvalue weighted by Gasteiger charge is -2.60. The van der Waals surface area contributed by atoms with E-state index in [-0.39, 0.29) is 68.6 Å². The summed E-state index contributed by atoms with van der Waals surface area (Å²) in [6.45, 7) is 6.86. The fraction of sp³-hybridized carbons (Fsp3) is 0.434. The van der Waals surface area contributed by atoms with E-state index in [1.165, 1.54) is 12.1 Å². The van der Waals surface area contributed by atoms with E-state index in [1.807, 2.05) is 78.7 Å². The minimum atomic E-state index is -1.42. The predicted octanol–water partition coefficient (Wildman–Crippen LogP) is 10.4. The molecule has 4 aromatic rings. The van der Waals surface area contributed by atoms with E-state index in [0.29, 0.717) is 60.1 Å². The van der Waals surface area contributed by atoms with Crippen molar-refractivity contribution in [2.24, 2.45) is 22.9 Å². The Balaban J connectivity index is 1.42. The average molecular weight is 934 g/mol. The number of hydrogen-bond acceptors (Lipinski definition) is 12. The molecule has 1 amide bonds. The maximum Gasteiger partial charge on any atom is 0.269 e. The second-order valence-corrected chi connectivity index (χ2v) is 18.2. The van der Waals surface area contributed by atoms with Gasteiger partial charge in [0.1, 0.15) is 35.6 Å². The zero-order valence-corrected chi connectivity index (χ0v) is 39.5. The first-order valence-electron chi connectivity index (χ1n) is 23.3. The fourth-order valence-corrected chi connectivity index (χ4v) is 10.6. The van der Waals surface area contributed by atoms with Crippen molar-refractivity contribution < 1.29 is 43.7 Å². The number of rotatable bonds is 24. The lowest BCUT2D eigenvalue weighted by Crippen LogP contribution is -2.70. The lowest BCUT2D eigenvalue weighted by molar-refractivity contribution is -0.384. The lowest BCUT2D eigenvalue weighted by atomic mass is 9.55. The fourth-order valence-electron chi connectivity index (χ4n) is 10.1. The van der Waals surface area contributed by atoms with Crippen molar-refractivity contribution in [2.75, 3.05) is 39.7 Å². The van der Waals surface area contributed by atoms with Gasteiger partial charge in [-0.05, 0) is 134 Å². The van der Waals surface area contributed by atoms with E-state index in [0.717, 1.165) is 47.3 Å². The second kappa shape index (κ2) is 23.4. The van der Waals surface area contributed by atoms with Crippen LogP contribution in [0.1, 0.15) is 80.9 Å². The zero-order chi connectivity index (χ0) is 47.3. The number of aliphatic hydroxyl groups is 2. The number of nitrogens with zero attached hydrogens (tertiary/aromatic N) is 3. The Bertz CT molecular complexity index is 2370. The van der Waals surface area contributed by atoms with Crippen molar-refractivity contribution in [3.8, 4) is 23.0 Å². The summed E-state index contributed by atoms with van der Waals surface area (Å²) in [7, 11) is 1.60. The van der Waals surface area contributed by atoms with Gasteiger partial charge in [0, 0.05) is 54.7 Å². The average Bonchev–Trinajstić information content (AvgIpc) is 3.34. The molecule has 6 atom stereocenters. The summed E-state index contributed by atoms with van der Waals surface area (Å²) < 4.78 is 26.7. The third-order valence-corrected chi connectivity index (χ3v) is 13.9. The number of allylic oxidation sites excluding steroid dienone is 1. The number of aliphatic hydroxyl groups excluding tert-OH is 2. The number of ether oxygens (including phenoxy) is 4. The molecule has 1 aliphatic heterocycles. The molecule has 0 saturated heterocycles. The standard InChI is InChI=1S/C53H63N3O10S/c1-5-26-55(50(59)31-37-12-11-14-41(30-37)62-3)49-34-47(54-64-35-36-16-18-39(19-17-36)56(60)61)45-32-38(13-7-9-27-57)44(15-8-10-28-58)51-46-33-42(65-40-20-23-43(67-4)24-21-40)22-25-48(46)66-53(49,52(45)51)63-29-6-2/h6,11-12,14,16-25,30,32-33,38,44,49,51-52,57-58H,2,5,7-10,13,15,26-29,31,34-35H2,1,3-4H3. The van der Waals surface area contributed by atoms with Gasteiger partial charge in [-0.25, -0.2) is 0 Å². The Kier molecular flexibility index (Phi) is 17.2. The van der Waals surface area contributed by atoms with E-state index in [2.05, 4.69) is 18.7 Å². The van der Waals surface area contributed by atoms with Crippen molar-refractivity contribution in [2.45, 2.75) is 94.0 Å². The van der Waals surface area contributed by atoms with Crippen LogP contribution < -0.4 is 14.2 Å². The molecular formula is C53H63N3O10S. The van der Waals surface area contributed by atoms with Crippen LogP contribution in [0.25, 0.3) is 0 Å². The Labute approximate surface area is 397 Å². The largest absolute Gasteiger partial charge is 0.497 e. The van der Waals surface area contributed by atoms with Gasteiger partial charge in [-0.1, -0.05) is 49.2 Å². The van der Waals surface area contributed by atoms with Crippen LogP contribution in [0.2, 0.25) is 0 Å². The Morgan fingerprint density at radius 3 is 2.40 bits per heavy atom. The molecule has 13 nitrogen and oxygen atoms in total. The number of benzene rings is 4. The maximum absolute atomic E-state index is 15.0. The highest BCUT2D eigenvalue weighted by Gasteiger charge is 2.65. The molecule has 67 heavy (non-hydrogen) atoms. The number of fused-ring (bicyclic) bond motifs is 2. The van der Waals surface area contributed by atoms with Crippen molar-refractivity contribution in [1.82, 2.24) is 4.90 Å². The summed E-state index contributed by atoms with van der Waals surface area (Å²) in [5, 5.41) is 36.3. The smallest absolute Gasteiger partial charge is 0.269 e. The third-order valence-electron chi connectivity index (χ3n) is 13.1. The number of nitro groups is 1. The first-order valence-corrected chi connectivity index (χ1v) is 24.6. The third kappa shape index (κ3) is 11.4. The highest BCUT2D eigenvalue weighted by atomic mass is 32.2. The number of methoxy groups -OCH3 is 1. The van der Waals surface area contributed by atoms with Crippen molar-refractivity contribution in [3.63, 3.8) is 0 Å². The van der Waals surface area contributed by atoms with Gasteiger partial charge < -0.3 is 38.9 Å². The van der Waals surface area contributed by atoms with E-state index in [9.17, 15) is 20.3 Å². The monoisotopic (exact) mass is 933 g/mol. The minimum Gasteiger partial charge on any atom is -0.497 e. The van der Waals surface area contributed by atoms with E-state index < -0.39 is 22.7 Å². The minimum absolute atomic E-state index is 0.0190. The zero-order valence-electron chi connectivity index (χ0n) is 38.7. The number of carbonyl (C=O) groups is 1. The first-order chi connectivity index (χ1) is 32.7. The van der Waals surface area contributed by atoms with Gasteiger partial charge in [0.25, 0.3) is 5.69 Å². The van der Waals surface area contributed by atoms with Gasteiger partial charge in [0.2, 0.25) is 11.7 Å². The molecule has 356 valence electrons. The number of hydrogen-bond donors (Lipinski definition) is 2. The van der Waals surface area contributed by atoms with E-state index >= 15 is 4.79 Å². The number of amides is 1. The number of thioether (sulfide) groups is 1. The summed E-state index contributed by atoms with van der Waals surface area (Å²) in [4.78, 5) is 35.2. The highest BCUT2D eigenvalue weighted by Crippen LogP contribution is 2.62. The van der Waals surface area contributed by atoms with Crippen LogP contribution in [0.15, 0.2) is 125 Å². The van der Waals surface area contributed by atoms with Gasteiger partial charge in [-0.15, -0.1) is 18.3 Å². The number of carbonyl (C=O) groups excluding carboxylic acids is 1. The quantitative estimate of drug-likeness (QED) is 0.0226. The molecule has 2 N–H and O–H groups in total. The molecule has 2 aliphatic carbocycles. The number of oxime groups is 1. The van der Waals surface area contributed by atoms with Gasteiger partial charge in [0.15, 0.2) is 0 Å². The molecule has 14 heteroatoms. The van der Waals surface area contributed by atoms with Crippen LogP contribution >= 0.6 is 11.8 Å². The van der Waals surface area contributed by atoms with Gasteiger partial charge in [0.05, 0.1) is 36.7 Å². The molecule has 1 fully saturated rings. The molecule has 0 aromatic heterocycles. The molecule has 6 unspecified atom stereocenters. The van der Waals surface area contributed by atoms with Crippen molar-refractivity contribution in [1.29, 1.82) is 0 Å². The second-order valence-electron chi connectivity index (χ2n) is 17.4. The molecule has 7 rings (SSSR count). The summed E-state index contributed by atoms with van der Waals surface area (Å²) in [6, 6.07) is 27.0. The van der Waals surface area contributed by atoms with Crippen LogP contribution in [-0.4, -0.2) is 83.2 Å². The van der Waals surface area contributed by atoms with Crippen LogP contribution in [-0.2, 0) is 27.4 Å². The molecule has 0 bridgehead atoms. The number of unbranched alkanes of at least 4 members (excludes halogenated alkanes) is 2. The molecule has 1 saturated carbocycles. The Morgan fingerprint density at radius 2 is 1.72 bits per heavy atom. The summed E-state index contributed by atoms with van der Waals surface area (Å²) in [6.07, 6.45) is 11.5. The normalized spacial score (nSPS) is 22.1. The molecular weight excluding hydrogens is 871 g/mol. The van der Waals surface area contributed by atoms with E-state index in [4.69, 9.17) is 28.9 Å². The molecule has 4 aromatic carbocycles. The molecule has 0 radical (unpaired) electrons. The number of nitro benzene ring substituents is 1. The first kappa shape index (κ1) is 49.2. The van der Waals surface area contributed by atoms with Crippen molar-refractivity contribution >= 4 is 29.1 Å². The van der Waals surface area contributed by atoms with Gasteiger partial charge in [-0.3, -0.25) is 14.9 Å². The molecule has 1 heterocycles. The Hall–Kier alpha value is -5.67. The van der Waals surface area contributed by atoms with Crippen LogP contribution in [0.4, 0.5) is 5.69 Å². The summed E-state index contributed by atoms with van der Waals surface area (Å²) >= 11 is 1.66. The van der Waals surface area contributed by atoms with Gasteiger partial charge in [-0.2, -0.15) is 0 Å². The molecule has 3 aliphatic rings.